The van der Waals surface area contributed by atoms with Crippen LogP contribution in [0.5, 0.6) is 0 Å². The Balaban J connectivity index is 1.64. The molecule has 2 aliphatic rings. The maximum Gasteiger partial charge on any atom is 0.316 e. The number of urea groups is 1. The van der Waals surface area contributed by atoms with Crippen LogP contribution in [0.25, 0.3) is 0 Å². The fourth-order valence-corrected chi connectivity index (χ4v) is 5.52. The second kappa shape index (κ2) is 8.26. The van der Waals surface area contributed by atoms with Crippen molar-refractivity contribution in [3.05, 3.63) is 29.8 Å². The van der Waals surface area contributed by atoms with Gasteiger partial charge in [-0.25, -0.2) is 17.9 Å². The fourth-order valence-electron chi connectivity index (χ4n) is 3.77. The molecule has 9 heteroatoms. The number of sulfonamides is 1. The van der Waals surface area contributed by atoms with E-state index >= 15 is 0 Å². The first kappa shape index (κ1) is 19.6. The molecular weight excluding hydrogens is 368 g/mol. The van der Waals surface area contributed by atoms with Crippen LogP contribution in [-0.4, -0.2) is 49.6 Å². The monoisotopic (exact) mass is 394 g/mol. The van der Waals surface area contributed by atoms with E-state index in [1.54, 1.807) is 29.2 Å². The molecule has 0 bridgehead atoms. The van der Waals surface area contributed by atoms with Crippen LogP contribution in [0, 0.1) is 0 Å². The molecule has 1 aliphatic carbocycles. The Morgan fingerprint density at radius 3 is 2.33 bits per heavy atom. The third kappa shape index (κ3) is 4.98. The molecule has 2 fully saturated rings. The normalized spacial score (nSPS) is 21.2. The summed E-state index contributed by atoms with van der Waals surface area (Å²) in [6.45, 7) is 0.734. The van der Waals surface area contributed by atoms with E-state index in [4.69, 9.17) is 5.73 Å². The van der Waals surface area contributed by atoms with Crippen LogP contribution in [0.4, 0.5) is 10.5 Å². The predicted octanol–water partition coefficient (Wildman–Crippen LogP) is 1.64. The molecule has 0 aromatic heterocycles. The lowest BCUT2D eigenvalue weighted by Gasteiger charge is -2.33. The van der Waals surface area contributed by atoms with Crippen molar-refractivity contribution in [2.45, 2.75) is 49.8 Å². The van der Waals surface area contributed by atoms with Gasteiger partial charge in [-0.05, 0) is 49.9 Å². The number of nitrogens with one attached hydrogen (secondary N) is 2. The summed E-state index contributed by atoms with van der Waals surface area (Å²) in [5, 5.41) is 1.86. The highest BCUT2D eigenvalue weighted by Crippen LogP contribution is 2.23. The highest BCUT2D eigenvalue weighted by atomic mass is 32.2. The molecule has 1 aromatic carbocycles. The SMILES string of the molecule is NC(=O)Nc1ccc(C(=O)N2CCCC(S(=O)(=O)NC3CCCC3)C2)cc1. The lowest BCUT2D eigenvalue weighted by molar-refractivity contribution is 0.0726. The topological polar surface area (TPSA) is 122 Å². The van der Waals surface area contributed by atoms with Crippen LogP contribution in [0.3, 0.4) is 0 Å². The molecule has 3 rings (SSSR count). The van der Waals surface area contributed by atoms with Crippen LogP contribution in [-0.2, 0) is 10.0 Å². The van der Waals surface area contributed by atoms with Crippen LogP contribution in [0.1, 0.15) is 48.9 Å². The number of nitrogens with zero attached hydrogens (tertiary/aromatic N) is 1. The van der Waals surface area contributed by atoms with Crippen molar-refractivity contribution in [2.24, 2.45) is 5.73 Å². The molecule has 27 heavy (non-hydrogen) atoms. The van der Waals surface area contributed by atoms with Gasteiger partial charge in [0.25, 0.3) is 5.91 Å². The predicted molar refractivity (Wildman–Crippen MR) is 103 cm³/mol. The maximum atomic E-state index is 12.7. The van der Waals surface area contributed by atoms with Crippen LogP contribution in [0.2, 0.25) is 0 Å². The highest BCUT2D eigenvalue weighted by molar-refractivity contribution is 7.90. The minimum atomic E-state index is -3.44. The summed E-state index contributed by atoms with van der Waals surface area (Å²) in [6.07, 6.45) is 5.11. The molecule has 1 aliphatic heterocycles. The fraction of sp³-hybridized carbons (Fsp3) is 0.556. The van der Waals surface area contributed by atoms with Crippen molar-refractivity contribution < 1.29 is 18.0 Å². The van der Waals surface area contributed by atoms with Crippen molar-refractivity contribution in [1.29, 1.82) is 0 Å². The summed E-state index contributed by atoms with van der Waals surface area (Å²) in [5.74, 6) is -0.207. The summed E-state index contributed by atoms with van der Waals surface area (Å²) in [6, 6.07) is 5.75. The Hall–Kier alpha value is -2.13. The largest absolute Gasteiger partial charge is 0.351 e. The van der Waals surface area contributed by atoms with Gasteiger partial charge < -0.3 is 16.0 Å². The number of piperidine rings is 1. The third-order valence-corrected chi connectivity index (χ3v) is 7.11. The smallest absolute Gasteiger partial charge is 0.316 e. The molecule has 3 amide bonds. The average molecular weight is 394 g/mol. The van der Waals surface area contributed by atoms with Crippen molar-refractivity contribution in [2.75, 3.05) is 18.4 Å². The Bertz CT molecular complexity index is 788. The number of hydrogen-bond acceptors (Lipinski definition) is 4. The summed E-state index contributed by atoms with van der Waals surface area (Å²) in [7, 11) is -3.44. The van der Waals surface area contributed by atoms with E-state index in [0.29, 0.717) is 30.6 Å². The molecule has 1 heterocycles. The van der Waals surface area contributed by atoms with Gasteiger partial charge in [0.1, 0.15) is 0 Å². The van der Waals surface area contributed by atoms with Gasteiger partial charge in [-0.2, -0.15) is 0 Å². The molecule has 1 unspecified atom stereocenters. The molecular formula is C18H26N4O4S. The number of benzene rings is 1. The second-order valence-electron chi connectivity index (χ2n) is 7.23. The maximum absolute atomic E-state index is 12.7. The molecule has 1 aromatic rings. The van der Waals surface area contributed by atoms with E-state index in [2.05, 4.69) is 10.0 Å². The minimum absolute atomic E-state index is 0.0337. The Morgan fingerprint density at radius 2 is 1.70 bits per heavy atom. The van der Waals surface area contributed by atoms with Gasteiger partial charge in [-0.15, -0.1) is 0 Å². The van der Waals surface area contributed by atoms with Gasteiger partial charge in [0, 0.05) is 30.4 Å². The number of rotatable bonds is 5. The Morgan fingerprint density at radius 1 is 1.04 bits per heavy atom. The Kier molecular flexibility index (Phi) is 6.01. The summed E-state index contributed by atoms with van der Waals surface area (Å²) < 4.78 is 28.2. The molecule has 0 spiro atoms. The third-order valence-electron chi connectivity index (χ3n) is 5.19. The zero-order chi connectivity index (χ0) is 19.4. The van der Waals surface area contributed by atoms with Crippen molar-refractivity contribution in [3.8, 4) is 0 Å². The number of likely N-dealkylation sites (tertiary alicyclic amines) is 1. The highest BCUT2D eigenvalue weighted by Gasteiger charge is 2.34. The molecule has 1 atom stereocenters. The van der Waals surface area contributed by atoms with Crippen LogP contribution < -0.4 is 15.8 Å². The number of primary amides is 1. The van der Waals surface area contributed by atoms with Gasteiger partial charge in [-0.1, -0.05) is 12.8 Å². The Labute approximate surface area is 159 Å². The quantitative estimate of drug-likeness (QED) is 0.703. The van der Waals surface area contributed by atoms with E-state index in [-0.39, 0.29) is 18.5 Å². The summed E-state index contributed by atoms with van der Waals surface area (Å²) >= 11 is 0. The standard InChI is InChI=1S/C18H26N4O4S/c19-18(24)20-14-9-7-13(8-10-14)17(23)22-11-3-6-16(12-22)27(25,26)21-15-4-1-2-5-15/h7-10,15-16,21H,1-6,11-12H2,(H3,19,20,24). The van der Waals surface area contributed by atoms with Gasteiger partial charge in [0.2, 0.25) is 10.0 Å². The molecule has 1 saturated heterocycles. The number of nitrogens with two attached hydrogens (primary N) is 1. The van der Waals surface area contributed by atoms with Crippen molar-refractivity contribution >= 4 is 27.6 Å². The van der Waals surface area contributed by atoms with E-state index in [1.165, 1.54) is 0 Å². The zero-order valence-corrected chi connectivity index (χ0v) is 16.0. The summed E-state index contributed by atoms with van der Waals surface area (Å²) in [4.78, 5) is 25.2. The van der Waals surface area contributed by atoms with Crippen LogP contribution in [0.15, 0.2) is 24.3 Å². The molecule has 8 nitrogen and oxygen atoms in total. The second-order valence-corrected chi connectivity index (χ2v) is 9.22. The first-order valence-electron chi connectivity index (χ1n) is 9.32. The van der Waals surface area contributed by atoms with Crippen molar-refractivity contribution in [3.63, 3.8) is 0 Å². The van der Waals surface area contributed by atoms with E-state index in [0.717, 1.165) is 25.7 Å². The van der Waals surface area contributed by atoms with Gasteiger partial charge >= 0.3 is 6.03 Å². The number of amides is 3. The van der Waals surface area contributed by atoms with Gasteiger partial charge in [-0.3, -0.25) is 4.79 Å². The van der Waals surface area contributed by atoms with E-state index in [9.17, 15) is 18.0 Å². The number of hydrogen-bond donors (Lipinski definition) is 3. The number of carbonyl (C=O) groups excluding carboxylic acids is 2. The van der Waals surface area contributed by atoms with E-state index in [1.807, 2.05) is 0 Å². The lowest BCUT2D eigenvalue weighted by Crippen LogP contribution is -2.49. The van der Waals surface area contributed by atoms with Gasteiger partial charge in [0.15, 0.2) is 0 Å². The number of carbonyl (C=O) groups is 2. The van der Waals surface area contributed by atoms with Gasteiger partial charge in [0.05, 0.1) is 5.25 Å². The van der Waals surface area contributed by atoms with Crippen molar-refractivity contribution in [1.82, 2.24) is 9.62 Å². The van der Waals surface area contributed by atoms with Crippen LogP contribution >= 0.6 is 0 Å². The molecule has 4 N–H and O–H groups in total. The first-order valence-corrected chi connectivity index (χ1v) is 10.9. The lowest BCUT2D eigenvalue weighted by atomic mass is 10.1. The average Bonchev–Trinajstić information content (AvgIpc) is 3.14. The minimum Gasteiger partial charge on any atom is -0.351 e. The number of anilines is 1. The molecule has 0 radical (unpaired) electrons. The van der Waals surface area contributed by atoms with E-state index < -0.39 is 21.3 Å². The zero-order valence-electron chi connectivity index (χ0n) is 15.2. The first-order chi connectivity index (χ1) is 12.8. The molecule has 148 valence electrons. The molecule has 1 saturated carbocycles. The summed E-state index contributed by atoms with van der Waals surface area (Å²) in [5.41, 5.74) is 6.02.